The standard InChI is InChI=1S/C24H18ClFN6O/c1-32(2)16-9-6-14(7-10-16)24(33)30-20-11-8-15(13-28-20)22-19(12-27)29-23(31-22)21-17(25)4-3-5-18(21)26/h3-11,13H,1-2H3,(H,29,31)(H,28,30,33). The van der Waals surface area contributed by atoms with Gasteiger partial charge in [-0.25, -0.2) is 14.4 Å². The fourth-order valence-corrected chi connectivity index (χ4v) is 3.47. The third kappa shape index (κ3) is 4.54. The highest BCUT2D eigenvalue weighted by Crippen LogP contribution is 2.32. The van der Waals surface area contributed by atoms with Crippen LogP contribution >= 0.6 is 11.6 Å². The molecule has 0 spiro atoms. The molecule has 0 fully saturated rings. The third-order valence-electron chi connectivity index (χ3n) is 4.95. The number of nitrogens with zero attached hydrogens (tertiary/aromatic N) is 4. The van der Waals surface area contributed by atoms with Gasteiger partial charge < -0.3 is 15.2 Å². The van der Waals surface area contributed by atoms with Gasteiger partial charge in [-0.3, -0.25) is 4.79 Å². The van der Waals surface area contributed by atoms with E-state index >= 15 is 0 Å². The molecule has 7 nitrogen and oxygen atoms in total. The van der Waals surface area contributed by atoms with E-state index < -0.39 is 5.82 Å². The number of nitrogens with one attached hydrogen (secondary N) is 2. The lowest BCUT2D eigenvalue weighted by Gasteiger charge is -2.12. The van der Waals surface area contributed by atoms with Crippen molar-refractivity contribution in [3.8, 4) is 28.7 Å². The molecule has 2 heterocycles. The SMILES string of the molecule is CN(C)c1ccc(C(=O)Nc2ccc(-c3[nH]c(-c4c(F)cccc4Cl)nc3C#N)cn2)cc1. The smallest absolute Gasteiger partial charge is 0.256 e. The number of hydrogen-bond donors (Lipinski definition) is 2. The lowest BCUT2D eigenvalue weighted by molar-refractivity contribution is 0.102. The number of amides is 1. The highest BCUT2D eigenvalue weighted by Gasteiger charge is 2.18. The summed E-state index contributed by atoms with van der Waals surface area (Å²) in [4.78, 5) is 25.8. The predicted molar refractivity (Wildman–Crippen MR) is 126 cm³/mol. The van der Waals surface area contributed by atoms with Crippen LogP contribution in [0.1, 0.15) is 16.1 Å². The summed E-state index contributed by atoms with van der Waals surface area (Å²) >= 11 is 6.12. The fourth-order valence-electron chi connectivity index (χ4n) is 3.22. The Morgan fingerprint density at radius 3 is 2.52 bits per heavy atom. The number of nitriles is 1. The van der Waals surface area contributed by atoms with Crippen LogP contribution < -0.4 is 10.2 Å². The summed E-state index contributed by atoms with van der Waals surface area (Å²) in [5.41, 5.74) is 2.56. The van der Waals surface area contributed by atoms with E-state index in [2.05, 4.69) is 20.3 Å². The van der Waals surface area contributed by atoms with Crippen LogP contribution in [0.15, 0.2) is 60.8 Å². The molecule has 0 unspecified atom stereocenters. The number of benzene rings is 2. The van der Waals surface area contributed by atoms with Gasteiger partial charge in [0.15, 0.2) is 5.69 Å². The van der Waals surface area contributed by atoms with Crippen LogP contribution in [0.3, 0.4) is 0 Å². The summed E-state index contributed by atoms with van der Waals surface area (Å²) < 4.78 is 14.3. The summed E-state index contributed by atoms with van der Waals surface area (Å²) in [7, 11) is 3.84. The van der Waals surface area contributed by atoms with E-state index in [1.165, 1.54) is 18.3 Å². The maximum absolute atomic E-state index is 14.3. The highest BCUT2D eigenvalue weighted by molar-refractivity contribution is 6.33. The molecular weight excluding hydrogens is 443 g/mol. The van der Waals surface area contributed by atoms with Gasteiger partial charge in [-0.2, -0.15) is 5.26 Å². The van der Waals surface area contributed by atoms with Gasteiger partial charge in [-0.15, -0.1) is 0 Å². The van der Waals surface area contributed by atoms with Gasteiger partial charge >= 0.3 is 0 Å². The molecule has 2 N–H and O–H groups in total. The van der Waals surface area contributed by atoms with Gasteiger partial charge in [-0.05, 0) is 48.5 Å². The molecule has 0 bridgehead atoms. The second-order valence-corrected chi connectivity index (χ2v) is 7.75. The van der Waals surface area contributed by atoms with Crippen LogP contribution in [0.5, 0.6) is 0 Å². The molecule has 0 saturated heterocycles. The van der Waals surface area contributed by atoms with Crippen LogP contribution in [0.25, 0.3) is 22.6 Å². The normalized spacial score (nSPS) is 10.5. The molecule has 33 heavy (non-hydrogen) atoms. The molecule has 164 valence electrons. The van der Waals surface area contributed by atoms with E-state index in [1.54, 1.807) is 30.3 Å². The molecule has 2 aromatic carbocycles. The van der Waals surface area contributed by atoms with Crippen LogP contribution in [0.2, 0.25) is 5.02 Å². The molecule has 4 rings (SSSR count). The molecule has 0 aliphatic heterocycles. The second kappa shape index (κ2) is 9.10. The maximum Gasteiger partial charge on any atom is 0.256 e. The van der Waals surface area contributed by atoms with Gasteiger partial charge in [0.25, 0.3) is 5.91 Å². The number of carbonyl (C=O) groups excluding carboxylic acids is 1. The van der Waals surface area contributed by atoms with E-state index in [1.807, 2.05) is 37.2 Å². The first-order valence-corrected chi connectivity index (χ1v) is 10.2. The number of aromatic amines is 1. The Hall–Kier alpha value is -4.22. The van der Waals surface area contributed by atoms with Gasteiger partial charge in [0.1, 0.15) is 23.5 Å². The third-order valence-corrected chi connectivity index (χ3v) is 5.26. The number of pyridine rings is 1. The first kappa shape index (κ1) is 22.0. The first-order chi connectivity index (χ1) is 15.9. The largest absolute Gasteiger partial charge is 0.378 e. The minimum atomic E-state index is -0.554. The Morgan fingerprint density at radius 2 is 1.91 bits per heavy atom. The molecule has 9 heteroatoms. The minimum Gasteiger partial charge on any atom is -0.378 e. The summed E-state index contributed by atoms with van der Waals surface area (Å²) in [5, 5.41) is 12.4. The van der Waals surface area contributed by atoms with Crippen LogP contribution in [-0.4, -0.2) is 35.0 Å². The van der Waals surface area contributed by atoms with Crippen molar-refractivity contribution < 1.29 is 9.18 Å². The van der Waals surface area contributed by atoms with Crippen molar-refractivity contribution in [3.63, 3.8) is 0 Å². The van der Waals surface area contributed by atoms with E-state index in [0.29, 0.717) is 22.6 Å². The topological polar surface area (TPSA) is 97.7 Å². The summed E-state index contributed by atoms with van der Waals surface area (Å²) in [6.07, 6.45) is 1.49. The Kier molecular flexibility index (Phi) is 6.07. The number of anilines is 2. The van der Waals surface area contributed by atoms with Crippen molar-refractivity contribution in [2.24, 2.45) is 0 Å². The van der Waals surface area contributed by atoms with Crippen molar-refractivity contribution in [1.82, 2.24) is 15.0 Å². The zero-order chi connectivity index (χ0) is 23.5. The zero-order valence-electron chi connectivity index (χ0n) is 17.7. The van der Waals surface area contributed by atoms with Gasteiger partial charge in [-0.1, -0.05) is 17.7 Å². The van der Waals surface area contributed by atoms with Gasteiger partial charge in [0.05, 0.1) is 16.3 Å². The zero-order valence-corrected chi connectivity index (χ0v) is 18.5. The van der Waals surface area contributed by atoms with Crippen LogP contribution in [-0.2, 0) is 0 Å². The average molecular weight is 461 g/mol. The lowest BCUT2D eigenvalue weighted by Crippen LogP contribution is -2.13. The van der Waals surface area contributed by atoms with Crippen molar-refractivity contribution >= 4 is 29.0 Å². The monoisotopic (exact) mass is 460 g/mol. The molecule has 1 amide bonds. The molecule has 0 aliphatic carbocycles. The molecule has 0 aliphatic rings. The predicted octanol–water partition coefficient (Wildman–Crippen LogP) is 5.12. The Labute approximate surface area is 194 Å². The number of rotatable bonds is 5. The van der Waals surface area contributed by atoms with E-state index in [0.717, 1.165) is 5.69 Å². The first-order valence-electron chi connectivity index (χ1n) is 9.87. The Balaban J connectivity index is 1.57. The number of H-pyrrole nitrogens is 1. The average Bonchev–Trinajstić information content (AvgIpc) is 3.23. The van der Waals surface area contributed by atoms with E-state index in [4.69, 9.17) is 11.6 Å². The summed E-state index contributed by atoms with van der Waals surface area (Å²) in [6.45, 7) is 0. The van der Waals surface area contributed by atoms with Crippen molar-refractivity contribution in [2.75, 3.05) is 24.3 Å². The lowest BCUT2D eigenvalue weighted by atomic mass is 10.1. The molecule has 0 saturated carbocycles. The van der Waals surface area contributed by atoms with E-state index in [-0.39, 0.29) is 28.0 Å². The Bertz CT molecular complexity index is 1340. The summed E-state index contributed by atoms with van der Waals surface area (Å²) in [6, 6.07) is 16.8. The molecule has 0 atom stereocenters. The van der Waals surface area contributed by atoms with E-state index in [9.17, 15) is 14.4 Å². The minimum absolute atomic E-state index is 0.0730. The van der Waals surface area contributed by atoms with Crippen LogP contribution in [0.4, 0.5) is 15.9 Å². The van der Waals surface area contributed by atoms with Crippen molar-refractivity contribution in [2.45, 2.75) is 0 Å². The molecular formula is C24H18ClFN6O. The number of hydrogen-bond acceptors (Lipinski definition) is 5. The molecule has 4 aromatic rings. The Morgan fingerprint density at radius 1 is 1.15 bits per heavy atom. The number of halogens is 2. The van der Waals surface area contributed by atoms with Crippen LogP contribution in [0, 0.1) is 17.1 Å². The quantitative estimate of drug-likeness (QED) is 0.430. The molecule has 0 radical (unpaired) electrons. The van der Waals surface area contributed by atoms with Gasteiger partial charge in [0, 0.05) is 37.1 Å². The number of carbonyl (C=O) groups is 1. The van der Waals surface area contributed by atoms with Crippen molar-refractivity contribution in [3.05, 3.63) is 82.9 Å². The fraction of sp³-hybridized carbons (Fsp3) is 0.0833. The summed E-state index contributed by atoms with van der Waals surface area (Å²) in [5.74, 6) is -0.364. The number of aromatic nitrogens is 3. The maximum atomic E-state index is 14.3. The highest BCUT2D eigenvalue weighted by atomic mass is 35.5. The number of imidazole rings is 1. The molecule has 2 aromatic heterocycles. The van der Waals surface area contributed by atoms with Crippen molar-refractivity contribution in [1.29, 1.82) is 5.26 Å². The second-order valence-electron chi connectivity index (χ2n) is 7.35. The van der Waals surface area contributed by atoms with Gasteiger partial charge in [0.2, 0.25) is 0 Å².